The van der Waals surface area contributed by atoms with Crippen LogP contribution in [0.1, 0.15) is 30.5 Å². The van der Waals surface area contributed by atoms with Crippen molar-refractivity contribution in [1.82, 2.24) is 0 Å². The van der Waals surface area contributed by atoms with Gasteiger partial charge in [0.15, 0.2) is 0 Å². The van der Waals surface area contributed by atoms with E-state index in [4.69, 9.17) is 4.74 Å². The molecule has 0 unspecified atom stereocenters. The lowest BCUT2D eigenvalue weighted by Crippen LogP contribution is -1.99. The topological polar surface area (TPSA) is 29.5 Å². The predicted octanol–water partition coefficient (Wildman–Crippen LogP) is 4.69. The number of allylic oxidation sites excluding steroid dienone is 2. The molecule has 2 aromatic carbocycles. The monoisotopic (exact) mass is 296 g/mol. The Hall–Kier alpha value is -2.22. The average Bonchev–Trinajstić information content (AvgIpc) is 2.52. The lowest BCUT2D eigenvalue weighted by Gasteiger charge is -2.13. The van der Waals surface area contributed by atoms with Gasteiger partial charge in [-0.2, -0.15) is 0 Å². The highest BCUT2D eigenvalue weighted by Crippen LogP contribution is 2.29. The van der Waals surface area contributed by atoms with Gasteiger partial charge in [0, 0.05) is 11.6 Å². The van der Waals surface area contributed by atoms with Crippen LogP contribution in [0.25, 0.3) is 0 Å². The van der Waals surface area contributed by atoms with Crippen molar-refractivity contribution in [3.8, 4) is 11.5 Å². The second-order valence-electron chi connectivity index (χ2n) is 5.76. The number of aromatic hydroxyl groups is 1. The minimum atomic E-state index is 0.319. The molecule has 0 radical (unpaired) electrons. The Morgan fingerprint density at radius 2 is 1.82 bits per heavy atom. The van der Waals surface area contributed by atoms with Gasteiger partial charge in [-0.05, 0) is 50.3 Å². The summed E-state index contributed by atoms with van der Waals surface area (Å²) in [6.07, 6.45) is 4.74. The molecule has 0 aliphatic carbocycles. The van der Waals surface area contributed by atoms with E-state index >= 15 is 0 Å². The second kappa shape index (κ2) is 7.69. The molecule has 0 amide bonds. The summed E-state index contributed by atoms with van der Waals surface area (Å²) in [4.78, 5) is 0. The van der Waals surface area contributed by atoms with Crippen LogP contribution in [0.4, 0.5) is 0 Å². The van der Waals surface area contributed by atoms with Gasteiger partial charge in [-0.15, -0.1) is 0 Å². The molecule has 0 saturated carbocycles. The van der Waals surface area contributed by atoms with Gasteiger partial charge in [0.05, 0.1) is 7.11 Å². The van der Waals surface area contributed by atoms with Gasteiger partial charge in [0.25, 0.3) is 0 Å². The number of aryl methyl sites for hydroxylation is 2. The van der Waals surface area contributed by atoms with Crippen molar-refractivity contribution in [2.24, 2.45) is 0 Å². The molecule has 0 atom stereocenters. The third kappa shape index (κ3) is 4.39. The fourth-order valence-corrected chi connectivity index (χ4v) is 2.49. The van der Waals surface area contributed by atoms with Crippen molar-refractivity contribution in [2.45, 2.75) is 33.1 Å². The molecule has 0 saturated heterocycles. The Balaban J connectivity index is 2.26. The quantitative estimate of drug-likeness (QED) is 0.783. The van der Waals surface area contributed by atoms with Gasteiger partial charge in [-0.3, -0.25) is 0 Å². The van der Waals surface area contributed by atoms with Crippen LogP contribution in [0.3, 0.4) is 0 Å². The van der Waals surface area contributed by atoms with Crippen LogP contribution >= 0.6 is 0 Å². The highest BCUT2D eigenvalue weighted by atomic mass is 16.5. The van der Waals surface area contributed by atoms with Crippen LogP contribution in [-0.2, 0) is 19.3 Å². The Morgan fingerprint density at radius 3 is 2.45 bits per heavy atom. The minimum Gasteiger partial charge on any atom is -0.508 e. The first-order chi connectivity index (χ1) is 10.6. The van der Waals surface area contributed by atoms with Gasteiger partial charge in [-0.25, -0.2) is 0 Å². The van der Waals surface area contributed by atoms with Crippen molar-refractivity contribution in [1.29, 1.82) is 0 Å². The molecule has 1 N–H and O–H groups in total. The standard InChI is InChI=1S/C20H24O2/c1-15(2)9-12-19-17(13-18(22-3)14-20(19)21)11-10-16-7-5-4-6-8-16/h4-9,13-14,21H,10-12H2,1-3H3. The summed E-state index contributed by atoms with van der Waals surface area (Å²) in [7, 11) is 1.63. The lowest BCUT2D eigenvalue weighted by molar-refractivity contribution is 0.405. The molecule has 0 aliphatic heterocycles. The SMILES string of the molecule is COc1cc(O)c(CC=C(C)C)c(CCc2ccccc2)c1. The molecule has 22 heavy (non-hydrogen) atoms. The van der Waals surface area contributed by atoms with Crippen LogP contribution in [0.15, 0.2) is 54.1 Å². The molecule has 0 bridgehead atoms. The summed E-state index contributed by atoms with van der Waals surface area (Å²) in [5.74, 6) is 1.03. The molecular formula is C20H24O2. The van der Waals surface area contributed by atoms with Gasteiger partial charge < -0.3 is 9.84 Å². The Labute approximate surface area is 133 Å². The van der Waals surface area contributed by atoms with E-state index in [0.717, 1.165) is 30.4 Å². The number of ether oxygens (including phenoxy) is 1. The van der Waals surface area contributed by atoms with E-state index in [1.54, 1.807) is 13.2 Å². The molecule has 2 rings (SSSR count). The summed E-state index contributed by atoms with van der Waals surface area (Å²) >= 11 is 0. The van der Waals surface area contributed by atoms with Crippen molar-refractivity contribution < 1.29 is 9.84 Å². The molecule has 2 nitrogen and oxygen atoms in total. The maximum Gasteiger partial charge on any atom is 0.123 e. The van der Waals surface area contributed by atoms with Crippen molar-refractivity contribution in [3.05, 3.63) is 70.8 Å². The number of phenolic OH excluding ortho intramolecular Hbond substituents is 1. The minimum absolute atomic E-state index is 0.319. The smallest absolute Gasteiger partial charge is 0.123 e. The van der Waals surface area contributed by atoms with Gasteiger partial charge in [0.2, 0.25) is 0 Å². The number of benzene rings is 2. The maximum absolute atomic E-state index is 10.3. The fraction of sp³-hybridized carbons (Fsp3) is 0.300. The summed E-state index contributed by atoms with van der Waals surface area (Å²) in [5.41, 5.74) is 4.71. The van der Waals surface area contributed by atoms with Crippen molar-refractivity contribution in [2.75, 3.05) is 7.11 Å². The number of phenols is 1. The summed E-state index contributed by atoms with van der Waals surface area (Å²) in [6.45, 7) is 4.15. The third-order valence-corrected chi connectivity index (χ3v) is 3.77. The number of hydrogen-bond donors (Lipinski definition) is 1. The van der Waals surface area contributed by atoms with Gasteiger partial charge in [0.1, 0.15) is 11.5 Å². The molecule has 0 spiro atoms. The first-order valence-electron chi connectivity index (χ1n) is 7.66. The first kappa shape index (κ1) is 16.2. The number of methoxy groups -OCH3 is 1. The van der Waals surface area contributed by atoms with E-state index < -0.39 is 0 Å². The Kier molecular flexibility index (Phi) is 5.65. The highest BCUT2D eigenvalue weighted by Gasteiger charge is 2.10. The summed E-state index contributed by atoms with van der Waals surface area (Å²) in [5, 5.41) is 10.3. The van der Waals surface area contributed by atoms with Crippen LogP contribution in [0.5, 0.6) is 11.5 Å². The molecule has 0 aliphatic rings. The zero-order valence-corrected chi connectivity index (χ0v) is 13.6. The number of hydrogen-bond acceptors (Lipinski definition) is 2. The molecule has 2 aromatic rings. The van der Waals surface area contributed by atoms with Crippen molar-refractivity contribution >= 4 is 0 Å². The van der Waals surface area contributed by atoms with Crippen LogP contribution < -0.4 is 4.74 Å². The van der Waals surface area contributed by atoms with Gasteiger partial charge >= 0.3 is 0 Å². The lowest BCUT2D eigenvalue weighted by atomic mass is 9.96. The third-order valence-electron chi connectivity index (χ3n) is 3.77. The summed E-state index contributed by atoms with van der Waals surface area (Å²) in [6, 6.07) is 14.1. The average molecular weight is 296 g/mol. The second-order valence-corrected chi connectivity index (χ2v) is 5.76. The molecule has 2 heteroatoms. The molecule has 0 heterocycles. The fourth-order valence-electron chi connectivity index (χ4n) is 2.49. The molecule has 116 valence electrons. The van der Waals surface area contributed by atoms with Gasteiger partial charge in [-0.1, -0.05) is 42.0 Å². The van der Waals surface area contributed by atoms with E-state index in [1.807, 2.05) is 12.1 Å². The zero-order chi connectivity index (χ0) is 15.9. The molecule has 0 fully saturated rings. The van der Waals surface area contributed by atoms with E-state index in [1.165, 1.54) is 11.1 Å². The van der Waals surface area contributed by atoms with Crippen LogP contribution in [-0.4, -0.2) is 12.2 Å². The molecule has 0 aromatic heterocycles. The first-order valence-corrected chi connectivity index (χ1v) is 7.66. The van der Waals surface area contributed by atoms with E-state index in [2.05, 4.69) is 44.2 Å². The van der Waals surface area contributed by atoms with Crippen molar-refractivity contribution in [3.63, 3.8) is 0 Å². The number of rotatable bonds is 6. The van der Waals surface area contributed by atoms with Crippen LogP contribution in [0.2, 0.25) is 0 Å². The zero-order valence-electron chi connectivity index (χ0n) is 13.6. The van der Waals surface area contributed by atoms with Crippen LogP contribution in [0, 0.1) is 0 Å². The highest BCUT2D eigenvalue weighted by molar-refractivity contribution is 5.47. The van der Waals surface area contributed by atoms with E-state index in [0.29, 0.717) is 11.5 Å². The summed E-state index contributed by atoms with van der Waals surface area (Å²) < 4.78 is 5.29. The largest absolute Gasteiger partial charge is 0.508 e. The Morgan fingerprint density at radius 1 is 1.09 bits per heavy atom. The normalized spacial score (nSPS) is 10.3. The molecular weight excluding hydrogens is 272 g/mol. The Bertz CT molecular complexity index is 638. The maximum atomic E-state index is 10.3. The van der Waals surface area contributed by atoms with E-state index in [9.17, 15) is 5.11 Å². The van der Waals surface area contributed by atoms with E-state index in [-0.39, 0.29) is 0 Å². The predicted molar refractivity (Wildman–Crippen MR) is 91.6 cm³/mol.